The average Bonchev–Trinajstić information content (AvgIpc) is 2.54. The summed E-state index contributed by atoms with van der Waals surface area (Å²) in [7, 11) is 1.86. The summed E-state index contributed by atoms with van der Waals surface area (Å²) in [4.78, 5) is 25.6. The van der Waals surface area contributed by atoms with E-state index in [9.17, 15) is 9.59 Å². The van der Waals surface area contributed by atoms with Gasteiger partial charge in [-0.05, 0) is 36.8 Å². The average molecular weight is 313 g/mol. The molecular formula is C18H23N3O2. The van der Waals surface area contributed by atoms with Crippen molar-refractivity contribution in [3.63, 3.8) is 0 Å². The number of likely N-dealkylation sites (N-methyl/N-ethyl adjacent to an activating group) is 2. The molecule has 0 bridgehead atoms. The molecule has 1 atom stereocenters. The standard InChI is InChI=1S/C18H23N3O2/c1-4-19-18(23)13(2)20-17(22)12-21(3)16-10-9-14-7-5-6-8-15(14)11-16/h5-11,13H,4,12H2,1-3H3,(H,19,23)(H,20,22)/t13-/m0/s1. The number of carbonyl (C=O) groups is 2. The van der Waals surface area contributed by atoms with Crippen molar-refractivity contribution < 1.29 is 9.59 Å². The van der Waals surface area contributed by atoms with Crippen LogP contribution in [0.5, 0.6) is 0 Å². The van der Waals surface area contributed by atoms with E-state index in [1.807, 2.05) is 49.2 Å². The van der Waals surface area contributed by atoms with Gasteiger partial charge in [-0.15, -0.1) is 0 Å². The van der Waals surface area contributed by atoms with E-state index in [0.717, 1.165) is 11.1 Å². The topological polar surface area (TPSA) is 61.4 Å². The minimum absolute atomic E-state index is 0.172. The fourth-order valence-electron chi connectivity index (χ4n) is 2.40. The van der Waals surface area contributed by atoms with Gasteiger partial charge in [0.2, 0.25) is 11.8 Å². The minimum Gasteiger partial charge on any atom is -0.365 e. The van der Waals surface area contributed by atoms with Crippen molar-refractivity contribution in [1.29, 1.82) is 0 Å². The molecule has 0 heterocycles. The molecule has 0 fully saturated rings. The number of hydrogen-bond acceptors (Lipinski definition) is 3. The minimum atomic E-state index is -0.535. The van der Waals surface area contributed by atoms with Gasteiger partial charge in [-0.3, -0.25) is 9.59 Å². The molecule has 5 nitrogen and oxygen atoms in total. The second-order valence-electron chi connectivity index (χ2n) is 5.57. The lowest BCUT2D eigenvalue weighted by Gasteiger charge is -2.21. The zero-order valence-corrected chi connectivity index (χ0v) is 13.8. The molecule has 23 heavy (non-hydrogen) atoms. The molecule has 0 aromatic heterocycles. The van der Waals surface area contributed by atoms with Crippen LogP contribution in [0.15, 0.2) is 42.5 Å². The van der Waals surface area contributed by atoms with Crippen LogP contribution in [0.2, 0.25) is 0 Å². The monoisotopic (exact) mass is 313 g/mol. The van der Waals surface area contributed by atoms with Gasteiger partial charge in [-0.1, -0.05) is 30.3 Å². The number of benzene rings is 2. The van der Waals surface area contributed by atoms with Gasteiger partial charge in [0.05, 0.1) is 6.54 Å². The van der Waals surface area contributed by atoms with Crippen LogP contribution in [0.4, 0.5) is 5.69 Å². The molecule has 122 valence electrons. The second kappa shape index (κ2) is 7.63. The van der Waals surface area contributed by atoms with Crippen molar-refractivity contribution >= 4 is 28.3 Å². The Balaban J connectivity index is 1.98. The van der Waals surface area contributed by atoms with Crippen LogP contribution in [-0.4, -0.2) is 38.0 Å². The summed E-state index contributed by atoms with van der Waals surface area (Å²) >= 11 is 0. The predicted molar refractivity (Wildman–Crippen MR) is 93.5 cm³/mol. The van der Waals surface area contributed by atoms with Gasteiger partial charge < -0.3 is 15.5 Å². The zero-order valence-electron chi connectivity index (χ0n) is 13.8. The molecule has 2 aromatic rings. The lowest BCUT2D eigenvalue weighted by atomic mass is 10.1. The molecular weight excluding hydrogens is 290 g/mol. The Kier molecular flexibility index (Phi) is 5.57. The zero-order chi connectivity index (χ0) is 16.8. The molecule has 2 N–H and O–H groups in total. The quantitative estimate of drug-likeness (QED) is 0.856. The summed E-state index contributed by atoms with van der Waals surface area (Å²) < 4.78 is 0. The summed E-state index contributed by atoms with van der Waals surface area (Å²) in [5.41, 5.74) is 0.963. The highest BCUT2D eigenvalue weighted by Gasteiger charge is 2.16. The fourth-order valence-corrected chi connectivity index (χ4v) is 2.40. The molecule has 0 spiro atoms. The Labute approximate surface area is 136 Å². The third-order valence-corrected chi connectivity index (χ3v) is 3.68. The SMILES string of the molecule is CCNC(=O)[C@H](C)NC(=O)CN(C)c1ccc2ccccc2c1. The Morgan fingerprint density at radius 3 is 2.52 bits per heavy atom. The van der Waals surface area contributed by atoms with Crippen molar-refractivity contribution in [2.45, 2.75) is 19.9 Å². The fraction of sp³-hybridized carbons (Fsp3) is 0.333. The van der Waals surface area contributed by atoms with Crippen LogP contribution >= 0.6 is 0 Å². The first-order valence-electron chi connectivity index (χ1n) is 7.78. The predicted octanol–water partition coefficient (Wildman–Crippen LogP) is 1.92. The normalized spacial score (nSPS) is 11.8. The van der Waals surface area contributed by atoms with E-state index in [1.165, 1.54) is 5.39 Å². The Morgan fingerprint density at radius 2 is 1.83 bits per heavy atom. The molecule has 0 unspecified atom stereocenters. The van der Waals surface area contributed by atoms with Crippen molar-refractivity contribution in [1.82, 2.24) is 10.6 Å². The first-order chi connectivity index (χ1) is 11.0. The van der Waals surface area contributed by atoms with Gasteiger partial charge in [-0.2, -0.15) is 0 Å². The van der Waals surface area contributed by atoms with Crippen LogP contribution in [0, 0.1) is 0 Å². The van der Waals surface area contributed by atoms with E-state index in [1.54, 1.807) is 6.92 Å². The second-order valence-corrected chi connectivity index (χ2v) is 5.57. The molecule has 0 saturated carbocycles. The maximum absolute atomic E-state index is 12.1. The van der Waals surface area contributed by atoms with Gasteiger partial charge in [0.15, 0.2) is 0 Å². The highest BCUT2D eigenvalue weighted by atomic mass is 16.2. The first-order valence-corrected chi connectivity index (χ1v) is 7.78. The lowest BCUT2D eigenvalue weighted by Crippen LogP contribution is -2.47. The van der Waals surface area contributed by atoms with E-state index < -0.39 is 6.04 Å². The van der Waals surface area contributed by atoms with Crippen molar-refractivity contribution in [2.24, 2.45) is 0 Å². The van der Waals surface area contributed by atoms with Gasteiger partial charge in [-0.25, -0.2) is 0 Å². The molecule has 0 saturated heterocycles. The van der Waals surface area contributed by atoms with Crippen LogP contribution in [0.25, 0.3) is 10.8 Å². The molecule has 2 rings (SSSR count). The summed E-state index contributed by atoms with van der Waals surface area (Å²) in [6.45, 7) is 4.27. The van der Waals surface area contributed by atoms with E-state index in [-0.39, 0.29) is 18.4 Å². The summed E-state index contributed by atoms with van der Waals surface area (Å²) in [5, 5.41) is 7.70. The molecule has 0 aliphatic carbocycles. The van der Waals surface area contributed by atoms with Gasteiger partial charge in [0, 0.05) is 19.3 Å². The summed E-state index contributed by atoms with van der Waals surface area (Å²) in [5.74, 6) is -0.353. The van der Waals surface area contributed by atoms with E-state index in [2.05, 4.69) is 22.8 Å². The number of anilines is 1. The van der Waals surface area contributed by atoms with Gasteiger partial charge in [0.25, 0.3) is 0 Å². The van der Waals surface area contributed by atoms with Gasteiger partial charge >= 0.3 is 0 Å². The van der Waals surface area contributed by atoms with Crippen LogP contribution < -0.4 is 15.5 Å². The van der Waals surface area contributed by atoms with Gasteiger partial charge in [0.1, 0.15) is 6.04 Å². The lowest BCUT2D eigenvalue weighted by molar-refractivity contribution is -0.127. The largest absolute Gasteiger partial charge is 0.365 e. The highest BCUT2D eigenvalue weighted by Crippen LogP contribution is 2.21. The Bertz CT molecular complexity index is 699. The molecule has 2 amide bonds. The first kappa shape index (κ1) is 16.8. The van der Waals surface area contributed by atoms with Crippen LogP contribution in [0.1, 0.15) is 13.8 Å². The number of carbonyl (C=O) groups excluding carboxylic acids is 2. The number of fused-ring (bicyclic) bond motifs is 1. The number of nitrogens with one attached hydrogen (secondary N) is 2. The molecule has 5 heteroatoms. The number of amides is 2. The Morgan fingerprint density at radius 1 is 1.13 bits per heavy atom. The molecule has 0 aliphatic heterocycles. The van der Waals surface area contributed by atoms with Crippen molar-refractivity contribution in [3.8, 4) is 0 Å². The number of rotatable bonds is 6. The number of hydrogen-bond donors (Lipinski definition) is 2. The van der Waals surface area contributed by atoms with E-state index in [0.29, 0.717) is 6.54 Å². The third kappa shape index (κ3) is 4.45. The maximum Gasteiger partial charge on any atom is 0.242 e. The summed E-state index contributed by atoms with van der Waals surface area (Å²) in [6, 6.07) is 13.6. The summed E-state index contributed by atoms with van der Waals surface area (Å²) in [6.07, 6.45) is 0. The molecule has 0 aliphatic rings. The maximum atomic E-state index is 12.1. The van der Waals surface area contributed by atoms with Crippen molar-refractivity contribution in [2.75, 3.05) is 25.0 Å². The van der Waals surface area contributed by atoms with E-state index >= 15 is 0 Å². The molecule has 0 radical (unpaired) electrons. The smallest absolute Gasteiger partial charge is 0.242 e. The van der Waals surface area contributed by atoms with Crippen molar-refractivity contribution in [3.05, 3.63) is 42.5 Å². The van der Waals surface area contributed by atoms with Crippen LogP contribution in [0.3, 0.4) is 0 Å². The third-order valence-electron chi connectivity index (χ3n) is 3.68. The Hall–Kier alpha value is -2.56. The highest BCUT2D eigenvalue weighted by molar-refractivity contribution is 5.90. The molecule has 2 aromatic carbocycles. The van der Waals surface area contributed by atoms with E-state index in [4.69, 9.17) is 0 Å². The number of nitrogens with zero attached hydrogens (tertiary/aromatic N) is 1. The van der Waals surface area contributed by atoms with Crippen LogP contribution in [-0.2, 0) is 9.59 Å².